The molecule has 32 heavy (non-hydrogen) atoms. The highest BCUT2D eigenvalue weighted by Gasteiger charge is 2.28. The van der Waals surface area contributed by atoms with Gasteiger partial charge in [-0.2, -0.15) is 0 Å². The third-order valence-corrected chi connectivity index (χ3v) is 5.36. The quantitative estimate of drug-likeness (QED) is 0.288. The summed E-state index contributed by atoms with van der Waals surface area (Å²) in [5.41, 5.74) is -0.0600. The maximum atomic E-state index is 12.8. The van der Waals surface area contributed by atoms with Crippen LogP contribution in [0.25, 0.3) is 0 Å². The average molecular weight is 446 g/mol. The van der Waals surface area contributed by atoms with Crippen LogP contribution < -0.4 is 21.3 Å². The van der Waals surface area contributed by atoms with Crippen LogP contribution in [0.3, 0.4) is 0 Å². The zero-order chi connectivity index (χ0) is 23.4. The van der Waals surface area contributed by atoms with Crippen LogP contribution in [-0.4, -0.2) is 61.1 Å². The van der Waals surface area contributed by atoms with Gasteiger partial charge in [-0.05, 0) is 38.7 Å². The van der Waals surface area contributed by atoms with Crippen molar-refractivity contribution in [3.8, 4) is 0 Å². The van der Waals surface area contributed by atoms with Gasteiger partial charge in [0.2, 0.25) is 11.8 Å². The Morgan fingerprint density at radius 3 is 2.53 bits per heavy atom. The maximum absolute atomic E-state index is 12.8. The highest BCUT2D eigenvalue weighted by Crippen LogP contribution is 2.22. The summed E-state index contributed by atoms with van der Waals surface area (Å²) in [7, 11) is 0. The van der Waals surface area contributed by atoms with Crippen LogP contribution in [0.4, 0.5) is 0 Å². The number of unbranched alkanes of at least 4 members (excludes halogenated alkanes) is 1. The number of nitrogens with one attached hydrogen (secondary N) is 4. The topological polar surface area (TPSA) is 132 Å². The van der Waals surface area contributed by atoms with Gasteiger partial charge in [-0.15, -0.1) is 0 Å². The van der Waals surface area contributed by atoms with Gasteiger partial charge in [-0.3, -0.25) is 19.4 Å². The molecule has 1 aromatic carbocycles. The summed E-state index contributed by atoms with van der Waals surface area (Å²) in [4.78, 5) is 40.7. The summed E-state index contributed by atoms with van der Waals surface area (Å²) < 4.78 is 0. The fourth-order valence-electron chi connectivity index (χ4n) is 3.17. The molecule has 9 heteroatoms. The second-order valence-corrected chi connectivity index (χ2v) is 8.58. The van der Waals surface area contributed by atoms with Crippen molar-refractivity contribution in [2.75, 3.05) is 26.2 Å². The van der Waals surface area contributed by atoms with E-state index < -0.39 is 17.4 Å². The number of carboxylic acid groups (broad SMARTS) is 1. The molecule has 5 N–H and O–H groups in total. The van der Waals surface area contributed by atoms with Crippen LogP contribution in [-0.2, 0) is 20.8 Å². The van der Waals surface area contributed by atoms with Crippen LogP contribution in [0, 0.1) is 5.41 Å². The van der Waals surface area contributed by atoms with Gasteiger partial charge < -0.3 is 26.4 Å². The molecule has 1 aliphatic rings. The van der Waals surface area contributed by atoms with E-state index in [1.807, 2.05) is 30.3 Å². The number of amides is 2. The van der Waals surface area contributed by atoms with E-state index in [1.54, 1.807) is 13.8 Å². The highest BCUT2D eigenvalue weighted by molar-refractivity contribution is 5.88. The number of benzene rings is 1. The molecule has 1 aliphatic heterocycles. The molecular formula is C23H35N5O4. The van der Waals surface area contributed by atoms with E-state index in [0.29, 0.717) is 13.0 Å². The van der Waals surface area contributed by atoms with E-state index in [-0.39, 0.29) is 24.7 Å². The Balaban J connectivity index is 1.81. The normalized spacial score (nSPS) is 14.1. The summed E-state index contributed by atoms with van der Waals surface area (Å²) >= 11 is 0. The Morgan fingerprint density at radius 2 is 1.88 bits per heavy atom. The molecule has 0 fully saturated rings. The van der Waals surface area contributed by atoms with Crippen molar-refractivity contribution in [1.82, 2.24) is 21.3 Å². The Bertz CT molecular complexity index is 795. The Kier molecular flexibility index (Phi) is 9.97. The molecule has 0 unspecified atom stereocenters. The summed E-state index contributed by atoms with van der Waals surface area (Å²) in [6, 6.07) is 8.77. The van der Waals surface area contributed by atoms with Gasteiger partial charge in [0.15, 0.2) is 5.96 Å². The number of carbonyl (C=O) groups is 3. The van der Waals surface area contributed by atoms with Crippen molar-refractivity contribution in [3.63, 3.8) is 0 Å². The third-order valence-electron chi connectivity index (χ3n) is 5.36. The number of aliphatic imine (C=N–C) groups is 1. The van der Waals surface area contributed by atoms with E-state index in [1.165, 1.54) is 0 Å². The molecule has 0 aromatic heterocycles. The number of hydrogen-bond acceptors (Lipinski definition) is 6. The molecule has 1 heterocycles. The standard InChI is InChI=1S/C23H35N5O4/c1-23(2,21(31)32)11-10-19(29)28-18(16-17-8-4-3-5-9-17)20(30)24-12-6-7-13-25-22-26-14-15-27-22/h3-5,8-9,18H,6-7,10-16H2,1-2H3,(H,24,30)(H,28,29)(H,31,32)(H2,25,26,27)/t18-/m1/s1. The molecule has 9 nitrogen and oxygen atoms in total. The molecule has 2 rings (SSSR count). The van der Waals surface area contributed by atoms with Crippen LogP contribution in [0.15, 0.2) is 35.3 Å². The molecule has 0 saturated heterocycles. The molecule has 1 atom stereocenters. The predicted molar refractivity (Wildman–Crippen MR) is 123 cm³/mol. The number of rotatable bonds is 13. The number of carboxylic acids is 1. The smallest absolute Gasteiger partial charge is 0.309 e. The summed E-state index contributed by atoms with van der Waals surface area (Å²) in [5.74, 6) is -0.696. The van der Waals surface area contributed by atoms with Crippen LogP contribution in [0.2, 0.25) is 0 Å². The van der Waals surface area contributed by atoms with Crippen LogP contribution in [0.5, 0.6) is 0 Å². The van der Waals surface area contributed by atoms with Crippen molar-refractivity contribution in [3.05, 3.63) is 35.9 Å². The number of guanidine groups is 1. The summed E-state index contributed by atoms with van der Waals surface area (Å²) in [5, 5.41) is 21.3. The van der Waals surface area contributed by atoms with Gasteiger partial charge in [-0.25, -0.2) is 0 Å². The molecule has 0 radical (unpaired) electrons. The molecule has 2 amide bonds. The van der Waals surface area contributed by atoms with Gasteiger partial charge in [-0.1, -0.05) is 30.3 Å². The van der Waals surface area contributed by atoms with E-state index in [2.05, 4.69) is 26.3 Å². The average Bonchev–Trinajstić information content (AvgIpc) is 3.28. The van der Waals surface area contributed by atoms with Crippen molar-refractivity contribution in [1.29, 1.82) is 0 Å². The van der Waals surface area contributed by atoms with Gasteiger partial charge in [0, 0.05) is 32.5 Å². The van der Waals surface area contributed by atoms with E-state index in [0.717, 1.165) is 44.0 Å². The van der Waals surface area contributed by atoms with Crippen LogP contribution in [0.1, 0.15) is 45.1 Å². The van der Waals surface area contributed by atoms with E-state index in [4.69, 9.17) is 0 Å². The predicted octanol–water partition coefficient (Wildman–Crippen LogP) is 1.05. The highest BCUT2D eigenvalue weighted by atomic mass is 16.4. The molecule has 0 bridgehead atoms. The monoisotopic (exact) mass is 445 g/mol. The molecule has 0 aliphatic carbocycles. The minimum Gasteiger partial charge on any atom is -0.481 e. The number of hydrogen-bond donors (Lipinski definition) is 5. The molecule has 0 saturated carbocycles. The lowest BCUT2D eigenvalue weighted by molar-refractivity contribution is -0.147. The lowest BCUT2D eigenvalue weighted by Crippen LogP contribution is -2.48. The summed E-state index contributed by atoms with van der Waals surface area (Å²) in [6.07, 6.45) is 2.28. The SMILES string of the molecule is CC(C)(CCC(=O)N[C@H](Cc1ccccc1)C(=O)NCCCCNC1=NCCN1)C(=O)O. The largest absolute Gasteiger partial charge is 0.481 e. The fraction of sp³-hybridized carbons (Fsp3) is 0.565. The first-order valence-electron chi connectivity index (χ1n) is 11.1. The van der Waals surface area contributed by atoms with Gasteiger partial charge >= 0.3 is 5.97 Å². The third kappa shape index (κ3) is 8.95. The lowest BCUT2D eigenvalue weighted by Gasteiger charge is -2.21. The minimum atomic E-state index is -0.998. The second-order valence-electron chi connectivity index (χ2n) is 8.58. The molecule has 176 valence electrons. The van der Waals surface area contributed by atoms with E-state index >= 15 is 0 Å². The lowest BCUT2D eigenvalue weighted by atomic mass is 9.88. The Labute approximate surface area is 189 Å². The van der Waals surface area contributed by atoms with Gasteiger partial charge in [0.1, 0.15) is 6.04 Å². The minimum absolute atomic E-state index is 0.0431. The first-order chi connectivity index (χ1) is 15.3. The fourth-order valence-corrected chi connectivity index (χ4v) is 3.17. The Morgan fingerprint density at radius 1 is 1.16 bits per heavy atom. The molecule has 1 aromatic rings. The summed E-state index contributed by atoms with van der Waals surface area (Å²) in [6.45, 7) is 6.10. The van der Waals surface area contributed by atoms with Crippen molar-refractivity contribution in [2.24, 2.45) is 10.4 Å². The zero-order valence-corrected chi connectivity index (χ0v) is 18.9. The van der Waals surface area contributed by atoms with Crippen molar-refractivity contribution >= 4 is 23.7 Å². The maximum Gasteiger partial charge on any atom is 0.309 e. The van der Waals surface area contributed by atoms with E-state index in [9.17, 15) is 19.5 Å². The second kappa shape index (κ2) is 12.7. The van der Waals surface area contributed by atoms with Crippen LogP contribution >= 0.6 is 0 Å². The van der Waals surface area contributed by atoms with Crippen molar-refractivity contribution < 1.29 is 19.5 Å². The van der Waals surface area contributed by atoms with Crippen molar-refractivity contribution in [2.45, 2.75) is 52.0 Å². The Hall–Kier alpha value is -3.10. The first kappa shape index (κ1) is 25.2. The molecular weight excluding hydrogens is 410 g/mol. The number of carbonyl (C=O) groups excluding carboxylic acids is 2. The van der Waals surface area contributed by atoms with Gasteiger partial charge in [0.25, 0.3) is 0 Å². The molecule has 0 spiro atoms. The first-order valence-corrected chi connectivity index (χ1v) is 11.1. The zero-order valence-electron chi connectivity index (χ0n) is 18.9. The number of nitrogens with zero attached hydrogens (tertiary/aromatic N) is 1. The number of aliphatic carboxylic acids is 1. The van der Waals surface area contributed by atoms with Gasteiger partial charge in [0.05, 0.1) is 12.0 Å².